The van der Waals surface area contributed by atoms with Gasteiger partial charge in [-0.25, -0.2) is 0 Å². The highest BCUT2D eigenvalue weighted by Gasteiger charge is 2.23. The van der Waals surface area contributed by atoms with Gasteiger partial charge in [0.2, 0.25) is 0 Å². The van der Waals surface area contributed by atoms with Crippen LogP contribution in [-0.4, -0.2) is 50.0 Å². The van der Waals surface area contributed by atoms with Crippen molar-refractivity contribution in [2.75, 3.05) is 42.5 Å². The number of aliphatic hydroxyl groups excluding tert-OH is 1. The van der Waals surface area contributed by atoms with Gasteiger partial charge in [0.05, 0.1) is 6.10 Å². The van der Waals surface area contributed by atoms with E-state index in [9.17, 15) is 5.11 Å². The van der Waals surface area contributed by atoms with Gasteiger partial charge in [-0.05, 0) is 44.0 Å². The van der Waals surface area contributed by atoms with Crippen LogP contribution in [0.3, 0.4) is 0 Å². The molecule has 0 aromatic heterocycles. The second kappa shape index (κ2) is 6.86. The van der Waals surface area contributed by atoms with Gasteiger partial charge in [0.1, 0.15) is 0 Å². The number of β-amino-alcohol motifs (C(OH)–C–C–N with tert-alkyl or cyclic N) is 1. The van der Waals surface area contributed by atoms with Gasteiger partial charge in [0.25, 0.3) is 0 Å². The smallest absolute Gasteiger partial charge is 0.0731 e. The third kappa shape index (κ3) is 3.44. The van der Waals surface area contributed by atoms with E-state index in [2.05, 4.69) is 47.2 Å². The van der Waals surface area contributed by atoms with Crippen LogP contribution in [0.1, 0.15) is 18.9 Å². The van der Waals surface area contributed by atoms with E-state index >= 15 is 0 Å². The van der Waals surface area contributed by atoms with Gasteiger partial charge in [-0.3, -0.25) is 0 Å². The number of piperazine rings is 1. The Labute approximate surface area is 133 Å². The number of nitrogens with zero attached hydrogens (tertiary/aromatic N) is 2. The Hall–Kier alpha value is -0.970. The summed E-state index contributed by atoms with van der Waals surface area (Å²) < 4.78 is 0. The topological polar surface area (TPSA) is 38.7 Å². The number of aliphatic hydroxyl groups is 1. The molecule has 0 bridgehead atoms. The van der Waals surface area contributed by atoms with Crippen molar-refractivity contribution in [2.24, 2.45) is 0 Å². The fourth-order valence-corrected chi connectivity index (χ4v) is 3.36. The average molecular weight is 312 g/mol. The van der Waals surface area contributed by atoms with Crippen LogP contribution in [0, 0.1) is 6.92 Å². The Kier molecular flexibility index (Phi) is 5.36. The summed E-state index contributed by atoms with van der Waals surface area (Å²) in [6.45, 7) is 9.36. The number of anilines is 2. The van der Waals surface area contributed by atoms with E-state index in [1.165, 1.54) is 16.9 Å². The van der Waals surface area contributed by atoms with Crippen LogP contribution < -0.4 is 15.1 Å². The molecule has 0 radical (unpaired) electrons. The zero-order chi connectivity index (χ0) is 14.1. The van der Waals surface area contributed by atoms with Crippen molar-refractivity contribution in [3.63, 3.8) is 0 Å². The minimum atomic E-state index is -0.165. The Morgan fingerprint density at radius 1 is 1.29 bits per heavy atom. The molecule has 0 aliphatic carbocycles. The first kappa shape index (κ1) is 16.4. The molecule has 2 atom stereocenters. The average Bonchev–Trinajstić information content (AvgIpc) is 2.85. The van der Waals surface area contributed by atoms with Gasteiger partial charge in [-0.1, -0.05) is 0 Å². The summed E-state index contributed by atoms with van der Waals surface area (Å²) in [6.07, 6.45) is 0.720. The maximum absolute atomic E-state index is 9.69. The van der Waals surface area contributed by atoms with Gasteiger partial charge in [-0.15, -0.1) is 12.4 Å². The predicted octanol–water partition coefficient (Wildman–Crippen LogP) is 1.79. The minimum absolute atomic E-state index is 0. The lowest BCUT2D eigenvalue weighted by Crippen LogP contribution is -2.49. The Bertz CT molecular complexity index is 483. The SMILES string of the molecule is Cc1cc(N2CCNC[C@@H]2C)ccc1N1CC[C@H](O)C1.Cl. The lowest BCUT2D eigenvalue weighted by Gasteiger charge is -2.36. The molecule has 2 aliphatic rings. The van der Waals surface area contributed by atoms with Crippen molar-refractivity contribution >= 4 is 23.8 Å². The molecule has 0 amide bonds. The fraction of sp³-hybridized carbons (Fsp3) is 0.625. The molecule has 0 saturated carbocycles. The third-order valence-corrected chi connectivity index (χ3v) is 4.52. The summed E-state index contributed by atoms with van der Waals surface area (Å²) in [5.41, 5.74) is 3.90. The molecule has 3 rings (SSSR count). The quantitative estimate of drug-likeness (QED) is 0.873. The van der Waals surface area contributed by atoms with Gasteiger partial charge in [0, 0.05) is 50.1 Å². The minimum Gasteiger partial charge on any atom is -0.391 e. The highest BCUT2D eigenvalue weighted by molar-refractivity contribution is 5.85. The summed E-state index contributed by atoms with van der Waals surface area (Å²) in [5, 5.41) is 13.1. The molecule has 4 nitrogen and oxygen atoms in total. The summed E-state index contributed by atoms with van der Waals surface area (Å²) in [7, 11) is 0. The molecule has 5 heteroatoms. The Balaban J connectivity index is 0.00000161. The van der Waals surface area contributed by atoms with Crippen LogP contribution in [0.4, 0.5) is 11.4 Å². The van der Waals surface area contributed by atoms with Crippen molar-refractivity contribution in [3.05, 3.63) is 23.8 Å². The zero-order valence-corrected chi connectivity index (χ0v) is 13.7. The third-order valence-electron chi connectivity index (χ3n) is 4.52. The van der Waals surface area contributed by atoms with E-state index < -0.39 is 0 Å². The molecule has 1 aromatic carbocycles. The van der Waals surface area contributed by atoms with E-state index in [1.807, 2.05) is 0 Å². The van der Waals surface area contributed by atoms with E-state index in [-0.39, 0.29) is 18.5 Å². The normalized spacial score (nSPS) is 25.9. The number of hydrogen-bond acceptors (Lipinski definition) is 4. The molecule has 2 saturated heterocycles. The molecule has 0 spiro atoms. The molecule has 2 N–H and O–H groups in total. The molecule has 2 aliphatic heterocycles. The summed E-state index contributed by atoms with van der Waals surface area (Å²) in [4.78, 5) is 4.77. The number of nitrogens with one attached hydrogen (secondary N) is 1. The van der Waals surface area contributed by atoms with Crippen LogP contribution in [0.2, 0.25) is 0 Å². The van der Waals surface area contributed by atoms with Gasteiger partial charge in [-0.2, -0.15) is 0 Å². The number of aryl methyl sites for hydroxylation is 1. The lowest BCUT2D eigenvalue weighted by atomic mass is 10.1. The Morgan fingerprint density at radius 3 is 2.71 bits per heavy atom. The first-order chi connectivity index (χ1) is 9.65. The molecular formula is C16H26ClN3O. The standard InChI is InChI=1S/C16H25N3O.ClH/c1-12-9-14(19-8-6-17-10-13(19)2)3-4-16(12)18-7-5-15(20)11-18;/h3-4,9,13,15,17,20H,5-8,10-11H2,1-2H3;1H/t13-,15-;/m0./s1. The number of benzene rings is 1. The molecular weight excluding hydrogens is 286 g/mol. The van der Waals surface area contributed by atoms with Crippen molar-refractivity contribution in [1.82, 2.24) is 5.32 Å². The number of halogens is 1. The first-order valence-electron chi connectivity index (χ1n) is 7.66. The molecule has 118 valence electrons. The van der Waals surface area contributed by atoms with Crippen LogP contribution in [0.5, 0.6) is 0 Å². The molecule has 0 unspecified atom stereocenters. The summed E-state index contributed by atoms with van der Waals surface area (Å²) in [6, 6.07) is 7.29. The van der Waals surface area contributed by atoms with Crippen LogP contribution in [0.15, 0.2) is 18.2 Å². The second-order valence-electron chi connectivity index (χ2n) is 6.11. The van der Waals surface area contributed by atoms with Crippen molar-refractivity contribution in [1.29, 1.82) is 0 Å². The van der Waals surface area contributed by atoms with E-state index in [0.717, 1.165) is 39.1 Å². The van der Waals surface area contributed by atoms with Crippen molar-refractivity contribution < 1.29 is 5.11 Å². The van der Waals surface area contributed by atoms with Crippen molar-refractivity contribution in [3.8, 4) is 0 Å². The van der Waals surface area contributed by atoms with E-state index in [1.54, 1.807) is 0 Å². The summed E-state index contributed by atoms with van der Waals surface area (Å²) in [5.74, 6) is 0. The van der Waals surface area contributed by atoms with Crippen LogP contribution in [0.25, 0.3) is 0 Å². The molecule has 21 heavy (non-hydrogen) atoms. The maximum Gasteiger partial charge on any atom is 0.0731 e. The number of hydrogen-bond donors (Lipinski definition) is 2. The fourth-order valence-electron chi connectivity index (χ4n) is 3.36. The second-order valence-corrected chi connectivity index (χ2v) is 6.11. The monoisotopic (exact) mass is 311 g/mol. The van der Waals surface area contributed by atoms with Crippen LogP contribution >= 0.6 is 12.4 Å². The molecule has 1 aromatic rings. The lowest BCUT2D eigenvalue weighted by molar-refractivity contribution is 0.198. The molecule has 2 heterocycles. The van der Waals surface area contributed by atoms with Gasteiger partial charge in [0.15, 0.2) is 0 Å². The van der Waals surface area contributed by atoms with E-state index in [0.29, 0.717) is 6.04 Å². The summed E-state index contributed by atoms with van der Waals surface area (Å²) >= 11 is 0. The Morgan fingerprint density at radius 2 is 2.10 bits per heavy atom. The van der Waals surface area contributed by atoms with Gasteiger partial charge >= 0.3 is 0 Å². The zero-order valence-electron chi connectivity index (χ0n) is 12.9. The maximum atomic E-state index is 9.69. The largest absolute Gasteiger partial charge is 0.391 e. The highest BCUT2D eigenvalue weighted by atomic mass is 35.5. The van der Waals surface area contributed by atoms with Crippen LogP contribution in [-0.2, 0) is 0 Å². The highest BCUT2D eigenvalue weighted by Crippen LogP contribution is 2.29. The van der Waals surface area contributed by atoms with E-state index in [4.69, 9.17) is 0 Å². The molecule has 2 fully saturated rings. The first-order valence-corrected chi connectivity index (χ1v) is 7.66. The van der Waals surface area contributed by atoms with Gasteiger partial charge < -0.3 is 20.2 Å². The number of rotatable bonds is 2. The van der Waals surface area contributed by atoms with Crippen molar-refractivity contribution in [2.45, 2.75) is 32.4 Å². The predicted molar refractivity (Wildman–Crippen MR) is 90.9 cm³/mol.